The van der Waals surface area contributed by atoms with Crippen LogP contribution in [-0.4, -0.2) is 0 Å². The Morgan fingerprint density at radius 3 is 1.50 bits per heavy atom. The molecule has 32 heavy (non-hydrogen) atoms. The van der Waals surface area contributed by atoms with E-state index in [0.717, 1.165) is 0 Å². The molecule has 156 valence electrons. The standard InChI is InChI=1S/C28H20Br2P2/c29-27-25(21-13-5-1-6-14-21)26(22-15-7-2-8-16-22)28(31(27)23-17-9-3-10-18-23)32(30)24-19-11-4-12-20-24/h1-20H. The SMILES string of the molecule is Brc1c(-c2ccccc2)c(-c2ccccc2)c(P(Br)c2ccccc2)p1-c1ccccc1. The van der Waals surface area contributed by atoms with Crippen LogP contribution < -0.4 is 10.3 Å². The lowest BCUT2D eigenvalue weighted by Crippen LogP contribution is -2.07. The van der Waals surface area contributed by atoms with Gasteiger partial charge in [-0.25, -0.2) is 0 Å². The molecule has 0 fully saturated rings. The molecule has 0 nitrogen and oxygen atoms in total. The highest BCUT2D eigenvalue weighted by molar-refractivity contribution is 9.41. The molecule has 5 rings (SSSR count). The molecular formula is C28H20Br2P2. The Morgan fingerprint density at radius 1 is 0.531 bits per heavy atom. The maximum absolute atomic E-state index is 4.19. The van der Waals surface area contributed by atoms with Gasteiger partial charge in [0.25, 0.3) is 0 Å². The largest absolute Gasteiger partial charge is 0.0682 e. The molecule has 4 aromatic carbocycles. The highest BCUT2D eigenvalue weighted by Gasteiger charge is 2.29. The third kappa shape index (κ3) is 4.18. The molecular weight excluding hydrogens is 558 g/mol. The summed E-state index contributed by atoms with van der Waals surface area (Å²) in [7, 11) is -0.696. The van der Waals surface area contributed by atoms with Crippen molar-refractivity contribution in [2.24, 2.45) is 0 Å². The normalized spacial score (nSPS) is 12.5. The first-order valence-corrected chi connectivity index (χ1v) is 15.9. The third-order valence-corrected chi connectivity index (χ3v) is 14.6. The minimum absolute atomic E-state index is 0.696. The second-order valence-electron chi connectivity index (χ2n) is 7.38. The maximum atomic E-state index is 4.19. The summed E-state index contributed by atoms with van der Waals surface area (Å²) >= 11 is 8.31. The van der Waals surface area contributed by atoms with E-state index >= 15 is 0 Å². The molecule has 0 amide bonds. The summed E-state index contributed by atoms with van der Waals surface area (Å²) < 4.78 is 1.29. The fourth-order valence-corrected chi connectivity index (χ4v) is 13.5. The molecule has 0 saturated carbocycles. The van der Waals surface area contributed by atoms with Crippen LogP contribution in [0.4, 0.5) is 0 Å². The monoisotopic (exact) mass is 576 g/mol. The lowest BCUT2D eigenvalue weighted by Gasteiger charge is -2.17. The summed E-state index contributed by atoms with van der Waals surface area (Å²) in [5.74, 6) is 0. The van der Waals surface area contributed by atoms with Gasteiger partial charge in [0.05, 0.1) is 4.20 Å². The number of rotatable bonds is 5. The van der Waals surface area contributed by atoms with Crippen LogP contribution >= 0.6 is 45.6 Å². The third-order valence-electron chi connectivity index (χ3n) is 5.40. The summed E-state index contributed by atoms with van der Waals surface area (Å²) in [6.07, 6.45) is 0. The van der Waals surface area contributed by atoms with Gasteiger partial charge in [0.2, 0.25) is 0 Å². The van der Waals surface area contributed by atoms with Crippen molar-refractivity contribution < 1.29 is 0 Å². The van der Waals surface area contributed by atoms with E-state index in [2.05, 4.69) is 153 Å². The molecule has 1 heterocycles. The van der Waals surface area contributed by atoms with Crippen LogP contribution in [-0.2, 0) is 0 Å². The molecule has 4 heteroatoms. The van der Waals surface area contributed by atoms with Crippen LogP contribution in [0.15, 0.2) is 126 Å². The van der Waals surface area contributed by atoms with Gasteiger partial charge in [-0.05, 0) is 53.2 Å². The van der Waals surface area contributed by atoms with Gasteiger partial charge in [0, 0.05) is 22.8 Å². The molecule has 1 aromatic heterocycles. The van der Waals surface area contributed by atoms with E-state index in [-0.39, 0.29) is 0 Å². The summed E-state index contributed by atoms with van der Waals surface area (Å²) in [5.41, 5.74) is 5.18. The first-order valence-electron chi connectivity index (χ1n) is 10.4. The molecule has 0 spiro atoms. The fraction of sp³-hybridized carbons (Fsp3) is 0. The number of halogens is 2. The Kier molecular flexibility index (Phi) is 6.77. The molecule has 0 aliphatic heterocycles. The number of hydrogen-bond acceptors (Lipinski definition) is 0. The maximum Gasteiger partial charge on any atom is 0.0503 e. The van der Waals surface area contributed by atoms with Gasteiger partial charge in [0.15, 0.2) is 0 Å². The van der Waals surface area contributed by atoms with Crippen molar-refractivity contribution in [1.29, 1.82) is 0 Å². The highest BCUT2D eigenvalue weighted by Crippen LogP contribution is 2.62. The summed E-state index contributed by atoms with van der Waals surface area (Å²) in [4.78, 5) is 0. The van der Waals surface area contributed by atoms with Crippen molar-refractivity contribution in [3.8, 4) is 27.6 Å². The minimum Gasteiger partial charge on any atom is -0.0682 e. The molecule has 0 aliphatic carbocycles. The summed E-state index contributed by atoms with van der Waals surface area (Å²) in [6, 6.07) is 43.4. The van der Waals surface area contributed by atoms with Gasteiger partial charge in [-0.3, -0.25) is 0 Å². The summed E-state index contributed by atoms with van der Waals surface area (Å²) in [5, 5.41) is 4.19. The van der Waals surface area contributed by atoms with Crippen molar-refractivity contribution in [3.05, 3.63) is 126 Å². The molecule has 0 N–H and O–H groups in total. The van der Waals surface area contributed by atoms with Gasteiger partial charge < -0.3 is 0 Å². The van der Waals surface area contributed by atoms with Crippen LogP contribution in [0.2, 0.25) is 0 Å². The highest BCUT2D eigenvalue weighted by atomic mass is 79.9. The van der Waals surface area contributed by atoms with E-state index in [1.165, 1.54) is 42.1 Å². The molecule has 0 bridgehead atoms. The van der Waals surface area contributed by atoms with Gasteiger partial charge in [-0.15, -0.1) is 0 Å². The first kappa shape index (κ1) is 21.9. The average molecular weight is 578 g/mol. The van der Waals surface area contributed by atoms with Crippen molar-refractivity contribution in [3.63, 3.8) is 0 Å². The molecule has 2 unspecified atom stereocenters. The Labute approximate surface area is 208 Å². The first-order chi connectivity index (χ1) is 15.8. The van der Waals surface area contributed by atoms with Crippen molar-refractivity contribution in [2.45, 2.75) is 0 Å². The van der Waals surface area contributed by atoms with E-state index in [1.54, 1.807) is 0 Å². The fourth-order valence-electron chi connectivity index (χ4n) is 3.96. The van der Waals surface area contributed by atoms with E-state index in [9.17, 15) is 0 Å². The molecule has 0 radical (unpaired) electrons. The predicted octanol–water partition coefficient (Wildman–Crippen LogP) is 9.50. The second kappa shape index (κ2) is 9.90. The topological polar surface area (TPSA) is 0 Å². The lowest BCUT2D eigenvalue weighted by molar-refractivity contribution is 1.63. The Hall–Kier alpha value is -1.95. The van der Waals surface area contributed by atoms with Gasteiger partial charge in [-0.2, -0.15) is 0 Å². The van der Waals surface area contributed by atoms with Crippen molar-refractivity contribution in [1.82, 2.24) is 0 Å². The van der Waals surface area contributed by atoms with Gasteiger partial charge in [0.1, 0.15) is 0 Å². The van der Waals surface area contributed by atoms with Crippen molar-refractivity contribution in [2.75, 3.05) is 0 Å². The quantitative estimate of drug-likeness (QED) is 0.182. The Bertz CT molecular complexity index is 1320. The lowest BCUT2D eigenvalue weighted by atomic mass is 9.99. The van der Waals surface area contributed by atoms with E-state index in [4.69, 9.17) is 0 Å². The van der Waals surface area contributed by atoms with Crippen molar-refractivity contribution >= 4 is 55.9 Å². The number of hydrogen-bond donors (Lipinski definition) is 0. The van der Waals surface area contributed by atoms with Crippen LogP contribution in [0.1, 0.15) is 0 Å². The van der Waals surface area contributed by atoms with Crippen LogP contribution in [0.25, 0.3) is 27.6 Å². The predicted molar refractivity (Wildman–Crippen MR) is 151 cm³/mol. The van der Waals surface area contributed by atoms with Crippen LogP contribution in [0.5, 0.6) is 0 Å². The minimum atomic E-state index is -0.697. The zero-order valence-corrected chi connectivity index (χ0v) is 22.2. The Balaban J connectivity index is 1.90. The van der Waals surface area contributed by atoms with E-state index < -0.39 is 14.2 Å². The van der Waals surface area contributed by atoms with Gasteiger partial charge in [-0.1, -0.05) is 129 Å². The van der Waals surface area contributed by atoms with Crippen LogP contribution in [0.3, 0.4) is 0 Å². The molecule has 0 saturated heterocycles. The molecule has 5 aromatic rings. The Morgan fingerprint density at radius 2 is 0.969 bits per heavy atom. The average Bonchev–Trinajstić information content (AvgIpc) is 3.18. The zero-order valence-electron chi connectivity index (χ0n) is 17.2. The number of benzene rings is 4. The molecule has 0 aliphatic rings. The van der Waals surface area contributed by atoms with E-state index in [1.807, 2.05) is 0 Å². The molecule has 2 atom stereocenters. The van der Waals surface area contributed by atoms with Gasteiger partial charge >= 0.3 is 0 Å². The van der Waals surface area contributed by atoms with Crippen LogP contribution in [0, 0.1) is 0 Å². The van der Waals surface area contributed by atoms with E-state index in [0.29, 0.717) is 0 Å². The zero-order chi connectivity index (χ0) is 21.9. The second-order valence-corrected chi connectivity index (χ2v) is 14.9. The summed E-state index contributed by atoms with van der Waals surface area (Å²) in [6.45, 7) is -0.697. The smallest absolute Gasteiger partial charge is 0.0503 e.